The summed E-state index contributed by atoms with van der Waals surface area (Å²) in [5.41, 5.74) is 5.72. The van der Waals surface area contributed by atoms with Gasteiger partial charge in [-0.15, -0.1) is 0 Å². The van der Waals surface area contributed by atoms with E-state index in [1.807, 2.05) is 0 Å². The summed E-state index contributed by atoms with van der Waals surface area (Å²) in [5, 5.41) is 0. The van der Waals surface area contributed by atoms with Crippen LogP contribution in [-0.2, 0) is 4.74 Å². The van der Waals surface area contributed by atoms with Gasteiger partial charge in [0.1, 0.15) is 0 Å². The molecule has 13 heavy (non-hydrogen) atoms. The van der Waals surface area contributed by atoms with Gasteiger partial charge >= 0.3 is 0 Å². The fraction of sp³-hybridized carbons (Fsp3) is 1.00. The minimum atomic E-state index is 0.313. The molecule has 1 saturated heterocycles. The van der Waals surface area contributed by atoms with Gasteiger partial charge in [0.15, 0.2) is 0 Å². The maximum atomic E-state index is 5.72. The highest BCUT2D eigenvalue weighted by atomic mass is 16.5. The number of hydrogen-bond acceptors (Lipinski definition) is 3. The van der Waals surface area contributed by atoms with E-state index >= 15 is 0 Å². The molecule has 0 amide bonds. The first kappa shape index (κ1) is 11.0. The molecule has 0 radical (unpaired) electrons. The number of ether oxygens (including phenoxy) is 1. The number of morpholine rings is 1. The summed E-state index contributed by atoms with van der Waals surface area (Å²) in [4.78, 5) is 2.45. The van der Waals surface area contributed by atoms with Crippen molar-refractivity contribution >= 4 is 0 Å². The topological polar surface area (TPSA) is 38.5 Å². The zero-order valence-corrected chi connectivity index (χ0v) is 8.99. The van der Waals surface area contributed by atoms with Gasteiger partial charge in [0.2, 0.25) is 0 Å². The average molecular weight is 186 g/mol. The molecule has 1 aliphatic rings. The summed E-state index contributed by atoms with van der Waals surface area (Å²) in [6, 6.07) is 0.313. The molecule has 2 N–H and O–H groups in total. The molecule has 1 heterocycles. The predicted molar refractivity (Wildman–Crippen MR) is 54.7 cm³/mol. The van der Waals surface area contributed by atoms with Crippen molar-refractivity contribution in [2.24, 2.45) is 5.73 Å². The highest BCUT2D eigenvalue weighted by molar-refractivity contribution is 4.73. The van der Waals surface area contributed by atoms with Crippen LogP contribution >= 0.6 is 0 Å². The second-order valence-corrected chi connectivity index (χ2v) is 4.28. The highest BCUT2D eigenvalue weighted by Crippen LogP contribution is 2.10. The van der Waals surface area contributed by atoms with Crippen LogP contribution in [0.1, 0.15) is 27.2 Å². The monoisotopic (exact) mass is 186 g/mol. The van der Waals surface area contributed by atoms with Crippen LogP contribution in [0, 0.1) is 0 Å². The molecular formula is C10H22N2O. The van der Waals surface area contributed by atoms with Crippen molar-refractivity contribution in [2.75, 3.05) is 19.6 Å². The third-order valence-corrected chi connectivity index (χ3v) is 2.40. The lowest BCUT2D eigenvalue weighted by molar-refractivity contribution is -0.0683. The molecule has 0 aromatic carbocycles. The van der Waals surface area contributed by atoms with E-state index in [0.717, 1.165) is 26.1 Å². The van der Waals surface area contributed by atoms with Crippen molar-refractivity contribution in [3.63, 3.8) is 0 Å². The van der Waals surface area contributed by atoms with Crippen molar-refractivity contribution in [2.45, 2.75) is 45.4 Å². The lowest BCUT2D eigenvalue weighted by Crippen LogP contribution is -2.46. The molecule has 1 rings (SSSR count). The first-order valence-electron chi connectivity index (χ1n) is 5.21. The lowest BCUT2D eigenvalue weighted by Gasteiger charge is -2.35. The van der Waals surface area contributed by atoms with E-state index in [0.29, 0.717) is 18.2 Å². The van der Waals surface area contributed by atoms with E-state index in [1.165, 1.54) is 0 Å². The average Bonchev–Trinajstić information content (AvgIpc) is 1.99. The fourth-order valence-electron chi connectivity index (χ4n) is 1.85. The van der Waals surface area contributed by atoms with Gasteiger partial charge in [-0.25, -0.2) is 0 Å². The molecule has 78 valence electrons. The second kappa shape index (κ2) is 4.94. The van der Waals surface area contributed by atoms with Gasteiger partial charge in [-0.3, -0.25) is 4.90 Å². The Morgan fingerprint density at radius 1 is 1.38 bits per heavy atom. The Morgan fingerprint density at radius 2 is 1.92 bits per heavy atom. The molecule has 0 aliphatic carbocycles. The largest absolute Gasteiger partial charge is 0.373 e. The van der Waals surface area contributed by atoms with E-state index in [4.69, 9.17) is 10.5 Å². The zero-order chi connectivity index (χ0) is 9.84. The van der Waals surface area contributed by atoms with Crippen molar-refractivity contribution in [1.29, 1.82) is 0 Å². The summed E-state index contributed by atoms with van der Waals surface area (Å²) >= 11 is 0. The normalized spacial score (nSPS) is 33.2. The number of nitrogens with two attached hydrogens (primary N) is 1. The molecule has 0 unspecified atom stereocenters. The molecule has 3 heteroatoms. The van der Waals surface area contributed by atoms with Gasteiger partial charge < -0.3 is 10.5 Å². The van der Waals surface area contributed by atoms with E-state index < -0.39 is 0 Å². The molecule has 0 spiro atoms. The van der Waals surface area contributed by atoms with Crippen LogP contribution in [0.3, 0.4) is 0 Å². The Labute approximate surface area is 81.2 Å². The smallest absolute Gasteiger partial charge is 0.0678 e. The Hall–Kier alpha value is -0.120. The van der Waals surface area contributed by atoms with E-state index in [9.17, 15) is 0 Å². The molecule has 0 saturated carbocycles. The van der Waals surface area contributed by atoms with Gasteiger partial charge in [-0.05, 0) is 33.7 Å². The zero-order valence-electron chi connectivity index (χ0n) is 8.99. The van der Waals surface area contributed by atoms with Gasteiger partial charge in [0, 0.05) is 19.1 Å². The Morgan fingerprint density at radius 3 is 2.38 bits per heavy atom. The molecule has 0 bridgehead atoms. The molecule has 0 aromatic heterocycles. The number of nitrogens with zero attached hydrogens (tertiary/aromatic N) is 1. The fourth-order valence-corrected chi connectivity index (χ4v) is 1.85. The molecular weight excluding hydrogens is 164 g/mol. The molecule has 1 fully saturated rings. The summed E-state index contributed by atoms with van der Waals surface area (Å²) in [6.45, 7) is 9.54. The van der Waals surface area contributed by atoms with Gasteiger partial charge in [-0.2, -0.15) is 0 Å². The maximum absolute atomic E-state index is 5.72. The summed E-state index contributed by atoms with van der Waals surface area (Å²) in [6.07, 6.45) is 1.83. The van der Waals surface area contributed by atoms with Crippen molar-refractivity contribution in [1.82, 2.24) is 4.90 Å². The van der Waals surface area contributed by atoms with Crippen LogP contribution in [0.2, 0.25) is 0 Å². The summed E-state index contributed by atoms with van der Waals surface area (Å²) < 4.78 is 5.65. The minimum Gasteiger partial charge on any atom is -0.373 e. The SMILES string of the molecule is C[C@@H]1CN(CC[C@@H](C)N)C[C@@H](C)O1. The van der Waals surface area contributed by atoms with E-state index in [2.05, 4.69) is 25.7 Å². The van der Waals surface area contributed by atoms with E-state index in [-0.39, 0.29) is 0 Å². The van der Waals surface area contributed by atoms with Gasteiger partial charge in [0.05, 0.1) is 12.2 Å². The standard InChI is InChI=1S/C10H22N2O/c1-8(11)4-5-12-6-9(2)13-10(3)7-12/h8-10H,4-7,11H2,1-3H3/t8-,9-,10-/m1/s1. The third-order valence-electron chi connectivity index (χ3n) is 2.40. The van der Waals surface area contributed by atoms with Crippen LogP contribution in [0.15, 0.2) is 0 Å². The van der Waals surface area contributed by atoms with Crippen LogP contribution in [0.4, 0.5) is 0 Å². The Kier molecular flexibility index (Phi) is 4.16. The lowest BCUT2D eigenvalue weighted by atomic mass is 10.2. The maximum Gasteiger partial charge on any atom is 0.0678 e. The van der Waals surface area contributed by atoms with Crippen molar-refractivity contribution < 1.29 is 4.74 Å². The number of hydrogen-bond donors (Lipinski definition) is 1. The van der Waals surface area contributed by atoms with Crippen LogP contribution < -0.4 is 5.73 Å². The summed E-state index contributed by atoms with van der Waals surface area (Å²) in [5.74, 6) is 0. The predicted octanol–water partition coefficient (Wildman–Crippen LogP) is 0.833. The Balaban J connectivity index is 2.25. The highest BCUT2D eigenvalue weighted by Gasteiger charge is 2.21. The van der Waals surface area contributed by atoms with Gasteiger partial charge in [-0.1, -0.05) is 0 Å². The molecule has 3 atom stereocenters. The minimum absolute atomic E-state index is 0.313. The first-order chi connectivity index (χ1) is 6.08. The molecule has 3 nitrogen and oxygen atoms in total. The number of rotatable bonds is 3. The second-order valence-electron chi connectivity index (χ2n) is 4.28. The summed E-state index contributed by atoms with van der Waals surface area (Å²) in [7, 11) is 0. The molecule has 0 aromatic rings. The van der Waals surface area contributed by atoms with Crippen molar-refractivity contribution in [3.05, 3.63) is 0 Å². The van der Waals surface area contributed by atoms with Gasteiger partial charge in [0.25, 0.3) is 0 Å². The van der Waals surface area contributed by atoms with Crippen LogP contribution in [0.25, 0.3) is 0 Å². The van der Waals surface area contributed by atoms with Crippen LogP contribution in [0.5, 0.6) is 0 Å². The molecule has 1 aliphatic heterocycles. The first-order valence-corrected chi connectivity index (χ1v) is 5.21. The third kappa shape index (κ3) is 4.07. The van der Waals surface area contributed by atoms with Crippen molar-refractivity contribution in [3.8, 4) is 0 Å². The van der Waals surface area contributed by atoms with Crippen LogP contribution in [-0.4, -0.2) is 42.8 Å². The quantitative estimate of drug-likeness (QED) is 0.709. The van der Waals surface area contributed by atoms with E-state index in [1.54, 1.807) is 0 Å². The Bertz CT molecular complexity index is 140.